The van der Waals surface area contributed by atoms with Gasteiger partial charge in [0.25, 0.3) is 5.91 Å². The molecule has 0 aromatic heterocycles. The van der Waals surface area contributed by atoms with Crippen molar-refractivity contribution in [3.63, 3.8) is 0 Å². The first-order valence-electron chi connectivity index (χ1n) is 6.46. The first-order valence-corrected chi connectivity index (χ1v) is 7.25. The summed E-state index contributed by atoms with van der Waals surface area (Å²) in [4.78, 5) is 23.1. The Labute approximate surface area is 124 Å². The summed E-state index contributed by atoms with van der Waals surface area (Å²) in [7, 11) is 0. The van der Waals surface area contributed by atoms with Crippen molar-refractivity contribution in [1.82, 2.24) is 5.32 Å². The number of rotatable bonds is 3. The second kappa shape index (κ2) is 6.35. The van der Waals surface area contributed by atoms with E-state index in [-0.39, 0.29) is 11.9 Å². The van der Waals surface area contributed by atoms with Gasteiger partial charge in [0.2, 0.25) is 0 Å². The van der Waals surface area contributed by atoms with Gasteiger partial charge in [-0.05, 0) is 53.4 Å². The zero-order valence-corrected chi connectivity index (χ0v) is 12.3. The zero-order chi connectivity index (χ0) is 14.7. The number of aliphatic carboxylic acids is 1. The Bertz CT molecular complexity index is 535. The molecule has 4 nitrogen and oxygen atoms in total. The minimum atomic E-state index is -0.813. The van der Waals surface area contributed by atoms with Crippen LogP contribution in [-0.2, 0) is 4.79 Å². The zero-order valence-electron chi connectivity index (χ0n) is 10.7. The van der Waals surface area contributed by atoms with Crippen molar-refractivity contribution >= 4 is 27.8 Å². The van der Waals surface area contributed by atoms with Crippen LogP contribution >= 0.6 is 15.9 Å². The van der Waals surface area contributed by atoms with Crippen molar-refractivity contribution < 1.29 is 19.1 Å². The summed E-state index contributed by atoms with van der Waals surface area (Å²) < 4.78 is 13.4. The maximum atomic E-state index is 13.0. The Morgan fingerprint density at radius 3 is 2.75 bits per heavy atom. The van der Waals surface area contributed by atoms with Gasteiger partial charge in [0, 0.05) is 10.5 Å². The molecule has 6 heteroatoms. The van der Waals surface area contributed by atoms with E-state index in [1.54, 1.807) is 0 Å². The molecule has 0 saturated heterocycles. The molecule has 20 heavy (non-hydrogen) atoms. The third-order valence-corrected chi connectivity index (χ3v) is 4.19. The number of benzene rings is 1. The smallest absolute Gasteiger partial charge is 0.306 e. The summed E-state index contributed by atoms with van der Waals surface area (Å²) >= 11 is 3.15. The van der Waals surface area contributed by atoms with E-state index in [9.17, 15) is 14.0 Å². The molecule has 1 aromatic carbocycles. The summed E-state index contributed by atoms with van der Waals surface area (Å²) in [5, 5.41) is 11.8. The molecule has 2 unspecified atom stereocenters. The Hall–Kier alpha value is -1.43. The van der Waals surface area contributed by atoms with Gasteiger partial charge >= 0.3 is 5.97 Å². The van der Waals surface area contributed by atoms with Crippen LogP contribution in [0.2, 0.25) is 0 Å². The molecule has 2 rings (SSSR count). The summed E-state index contributed by atoms with van der Waals surface area (Å²) in [5.41, 5.74) is 0.351. The number of carboxylic acids is 1. The molecule has 2 atom stereocenters. The van der Waals surface area contributed by atoms with E-state index in [1.165, 1.54) is 18.2 Å². The minimum absolute atomic E-state index is 0.144. The average Bonchev–Trinajstić information content (AvgIpc) is 2.38. The van der Waals surface area contributed by atoms with E-state index in [2.05, 4.69) is 21.2 Å². The molecular formula is C14H15BrFNO3. The SMILES string of the molecule is O=C(NC1CCCC(C(=O)O)C1)c1ccc(F)cc1Br. The van der Waals surface area contributed by atoms with E-state index >= 15 is 0 Å². The quantitative estimate of drug-likeness (QED) is 0.886. The minimum Gasteiger partial charge on any atom is -0.481 e. The molecule has 1 saturated carbocycles. The molecule has 1 aliphatic rings. The first kappa shape index (κ1) is 15.0. The van der Waals surface area contributed by atoms with Crippen molar-refractivity contribution in [2.75, 3.05) is 0 Å². The van der Waals surface area contributed by atoms with Gasteiger partial charge in [-0.1, -0.05) is 6.42 Å². The van der Waals surface area contributed by atoms with E-state index in [0.29, 0.717) is 22.9 Å². The van der Waals surface area contributed by atoms with Gasteiger partial charge < -0.3 is 10.4 Å². The average molecular weight is 344 g/mol. The van der Waals surface area contributed by atoms with Crippen molar-refractivity contribution in [3.8, 4) is 0 Å². The van der Waals surface area contributed by atoms with Gasteiger partial charge in [-0.25, -0.2) is 4.39 Å². The van der Waals surface area contributed by atoms with Crippen molar-refractivity contribution in [1.29, 1.82) is 0 Å². The predicted molar refractivity (Wildman–Crippen MR) is 74.9 cm³/mol. The highest BCUT2D eigenvalue weighted by Gasteiger charge is 2.28. The monoisotopic (exact) mass is 343 g/mol. The highest BCUT2D eigenvalue weighted by molar-refractivity contribution is 9.10. The molecular weight excluding hydrogens is 329 g/mol. The molecule has 0 heterocycles. The van der Waals surface area contributed by atoms with Crippen molar-refractivity contribution in [2.24, 2.45) is 5.92 Å². The Kier molecular flexibility index (Phi) is 4.75. The Balaban J connectivity index is 2.02. The number of nitrogens with one attached hydrogen (secondary N) is 1. The Morgan fingerprint density at radius 1 is 1.35 bits per heavy atom. The van der Waals surface area contributed by atoms with Crippen LogP contribution < -0.4 is 5.32 Å². The fourth-order valence-corrected chi connectivity index (χ4v) is 3.01. The van der Waals surface area contributed by atoms with Crippen LogP contribution in [0.1, 0.15) is 36.0 Å². The van der Waals surface area contributed by atoms with Crippen LogP contribution in [0.15, 0.2) is 22.7 Å². The third-order valence-electron chi connectivity index (χ3n) is 3.53. The molecule has 1 aromatic rings. The third kappa shape index (κ3) is 3.56. The lowest BCUT2D eigenvalue weighted by Gasteiger charge is -2.27. The normalized spacial score (nSPS) is 22.3. The summed E-state index contributed by atoms with van der Waals surface area (Å²) in [6.07, 6.45) is 2.66. The molecule has 108 valence electrons. The van der Waals surface area contributed by atoms with Crippen molar-refractivity contribution in [3.05, 3.63) is 34.1 Å². The summed E-state index contributed by atoms with van der Waals surface area (Å²) in [6, 6.07) is 3.72. The maximum absolute atomic E-state index is 13.0. The predicted octanol–water partition coefficient (Wildman–Crippen LogP) is 2.96. The molecule has 0 spiro atoms. The maximum Gasteiger partial charge on any atom is 0.306 e. The number of hydrogen-bond donors (Lipinski definition) is 2. The molecule has 1 aliphatic carbocycles. The fourth-order valence-electron chi connectivity index (χ4n) is 2.48. The largest absolute Gasteiger partial charge is 0.481 e. The van der Waals surface area contributed by atoms with Gasteiger partial charge in [-0.15, -0.1) is 0 Å². The lowest BCUT2D eigenvalue weighted by atomic mass is 9.85. The van der Waals surface area contributed by atoms with E-state index in [0.717, 1.165) is 12.8 Å². The Morgan fingerprint density at radius 2 is 2.10 bits per heavy atom. The molecule has 0 aliphatic heterocycles. The van der Waals surface area contributed by atoms with Gasteiger partial charge in [0.05, 0.1) is 11.5 Å². The number of halogens is 2. The molecule has 2 N–H and O–H groups in total. The fraction of sp³-hybridized carbons (Fsp3) is 0.429. The molecule has 1 fully saturated rings. The van der Waals surface area contributed by atoms with Crippen molar-refractivity contribution in [2.45, 2.75) is 31.7 Å². The van der Waals surface area contributed by atoms with E-state index in [1.807, 2.05) is 0 Å². The van der Waals surface area contributed by atoms with Gasteiger partial charge in [-0.2, -0.15) is 0 Å². The van der Waals surface area contributed by atoms with E-state index < -0.39 is 17.7 Å². The first-order chi connectivity index (χ1) is 9.47. The van der Waals surface area contributed by atoms with Gasteiger partial charge in [0.1, 0.15) is 5.82 Å². The number of amides is 1. The molecule has 0 bridgehead atoms. The van der Waals surface area contributed by atoms with Gasteiger partial charge in [0.15, 0.2) is 0 Å². The highest BCUT2D eigenvalue weighted by Crippen LogP contribution is 2.25. The number of carbonyl (C=O) groups is 2. The van der Waals surface area contributed by atoms with Crippen LogP contribution in [0.3, 0.4) is 0 Å². The lowest BCUT2D eigenvalue weighted by Crippen LogP contribution is -2.40. The topological polar surface area (TPSA) is 66.4 Å². The number of carboxylic acid groups (broad SMARTS) is 1. The number of carbonyl (C=O) groups excluding carboxylic acids is 1. The molecule has 1 amide bonds. The van der Waals surface area contributed by atoms with Crippen LogP contribution in [-0.4, -0.2) is 23.0 Å². The van der Waals surface area contributed by atoms with Crippen LogP contribution in [0.4, 0.5) is 4.39 Å². The second-order valence-corrected chi connectivity index (χ2v) is 5.85. The molecule has 0 radical (unpaired) electrons. The standard InChI is InChI=1S/C14H15BrFNO3/c15-12-7-9(16)4-5-11(12)13(18)17-10-3-1-2-8(6-10)14(19)20/h4-5,7-8,10H,1-3,6H2,(H,17,18)(H,19,20). The van der Waals surface area contributed by atoms with Crippen LogP contribution in [0, 0.1) is 11.7 Å². The summed E-state index contributed by atoms with van der Waals surface area (Å²) in [6.45, 7) is 0. The number of hydrogen-bond acceptors (Lipinski definition) is 2. The second-order valence-electron chi connectivity index (χ2n) is 5.00. The van der Waals surface area contributed by atoms with Gasteiger partial charge in [-0.3, -0.25) is 9.59 Å². The van der Waals surface area contributed by atoms with E-state index in [4.69, 9.17) is 5.11 Å². The summed E-state index contributed by atoms with van der Waals surface area (Å²) in [5.74, 6) is -1.94. The van der Waals surface area contributed by atoms with Crippen LogP contribution in [0.25, 0.3) is 0 Å². The highest BCUT2D eigenvalue weighted by atomic mass is 79.9. The van der Waals surface area contributed by atoms with Crippen LogP contribution in [0.5, 0.6) is 0 Å². The lowest BCUT2D eigenvalue weighted by molar-refractivity contribution is -0.143.